The SMILES string of the molecule is CN(C)C(=O)CCCN1CCC(C(=O)O)(C(F)(F)F)C1. The number of carboxylic acid groups (broad SMARTS) is 1. The number of hydrogen-bond acceptors (Lipinski definition) is 3. The summed E-state index contributed by atoms with van der Waals surface area (Å²) in [5, 5.41) is 8.90. The van der Waals surface area contributed by atoms with Crippen LogP contribution in [0.1, 0.15) is 19.3 Å². The van der Waals surface area contributed by atoms with Gasteiger partial charge in [-0.25, -0.2) is 0 Å². The quantitative estimate of drug-likeness (QED) is 0.828. The summed E-state index contributed by atoms with van der Waals surface area (Å²) in [6.07, 6.45) is -4.53. The van der Waals surface area contributed by atoms with E-state index in [0.717, 1.165) is 0 Å². The molecule has 0 aromatic rings. The van der Waals surface area contributed by atoms with Crippen LogP contribution in [0.5, 0.6) is 0 Å². The highest BCUT2D eigenvalue weighted by Crippen LogP contribution is 2.45. The summed E-state index contributed by atoms with van der Waals surface area (Å²) in [6.45, 7) is -0.158. The first-order chi connectivity index (χ1) is 9.10. The highest BCUT2D eigenvalue weighted by atomic mass is 19.4. The largest absolute Gasteiger partial charge is 0.481 e. The molecule has 0 saturated carbocycles. The maximum Gasteiger partial charge on any atom is 0.406 e. The van der Waals surface area contributed by atoms with E-state index in [1.807, 2.05) is 0 Å². The maximum absolute atomic E-state index is 12.9. The van der Waals surface area contributed by atoms with E-state index in [2.05, 4.69) is 0 Å². The molecule has 116 valence electrons. The van der Waals surface area contributed by atoms with Crippen LogP contribution in [0.4, 0.5) is 13.2 Å². The molecule has 1 fully saturated rings. The summed E-state index contributed by atoms with van der Waals surface area (Å²) in [5.74, 6) is -1.92. The van der Waals surface area contributed by atoms with Crippen LogP contribution in [0.25, 0.3) is 0 Å². The number of amides is 1. The van der Waals surface area contributed by atoms with Gasteiger partial charge < -0.3 is 14.9 Å². The fourth-order valence-electron chi connectivity index (χ4n) is 2.28. The molecule has 0 radical (unpaired) electrons. The molecule has 1 amide bonds. The second-order valence-electron chi connectivity index (χ2n) is 5.30. The molecule has 0 aromatic carbocycles. The Balaban J connectivity index is 2.54. The number of carbonyl (C=O) groups excluding carboxylic acids is 1. The number of halogens is 3. The molecule has 1 rings (SSSR count). The molecular formula is C12H19F3N2O3. The third-order valence-electron chi connectivity index (χ3n) is 3.66. The van der Waals surface area contributed by atoms with Crippen LogP contribution in [0.3, 0.4) is 0 Å². The Morgan fingerprint density at radius 1 is 1.35 bits per heavy atom. The molecule has 1 atom stereocenters. The van der Waals surface area contributed by atoms with E-state index in [1.54, 1.807) is 14.1 Å². The minimum absolute atomic E-state index is 0.0853. The van der Waals surface area contributed by atoms with Crippen molar-refractivity contribution in [1.29, 1.82) is 0 Å². The molecule has 0 spiro atoms. The van der Waals surface area contributed by atoms with Gasteiger partial charge in [-0.1, -0.05) is 0 Å². The van der Waals surface area contributed by atoms with Crippen LogP contribution in [0.2, 0.25) is 0 Å². The second-order valence-corrected chi connectivity index (χ2v) is 5.30. The van der Waals surface area contributed by atoms with Gasteiger partial charge in [0.05, 0.1) is 0 Å². The second kappa shape index (κ2) is 5.99. The van der Waals surface area contributed by atoms with Crippen LogP contribution >= 0.6 is 0 Å². The van der Waals surface area contributed by atoms with Gasteiger partial charge in [0.25, 0.3) is 0 Å². The van der Waals surface area contributed by atoms with E-state index < -0.39 is 30.5 Å². The van der Waals surface area contributed by atoms with Gasteiger partial charge in [-0.15, -0.1) is 0 Å². The lowest BCUT2D eigenvalue weighted by Gasteiger charge is -2.27. The number of likely N-dealkylation sites (tertiary alicyclic amines) is 1. The molecule has 5 nitrogen and oxygen atoms in total. The molecule has 1 aliphatic heterocycles. The predicted molar refractivity (Wildman–Crippen MR) is 65.1 cm³/mol. The average molecular weight is 296 g/mol. The van der Waals surface area contributed by atoms with E-state index in [0.29, 0.717) is 13.0 Å². The van der Waals surface area contributed by atoms with Gasteiger partial charge in [0.15, 0.2) is 5.41 Å². The van der Waals surface area contributed by atoms with Gasteiger partial charge in [-0.05, 0) is 25.9 Å². The van der Waals surface area contributed by atoms with Crippen molar-refractivity contribution in [2.24, 2.45) is 5.41 Å². The first-order valence-electron chi connectivity index (χ1n) is 6.33. The Morgan fingerprint density at radius 2 is 1.95 bits per heavy atom. The zero-order chi connectivity index (χ0) is 15.6. The summed E-state index contributed by atoms with van der Waals surface area (Å²) in [7, 11) is 3.22. The number of alkyl halides is 3. The summed E-state index contributed by atoms with van der Waals surface area (Å²) < 4.78 is 38.8. The zero-order valence-corrected chi connectivity index (χ0v) is 11.5. The predicted octanol–water partition coefficient (Wildman–Crippen LogP) is 1.19. The summed E-state index contributed by atoms with van der Waals surface area (Å²) in [6, 6.07) is 0. The normalized spacial score (nSPS) is 23.9. The van der Waals surface area contributed by atoms with E-state index in [4.69, 9.17) is 5.11 Å². The van der Waals surface area contributed by atoms with Crippen LogP contribution in [0, 0.1) is 5.41 Å². The third-order valence-corrected chi connectivity index (χ3v) is 3.66. The first-order valence-corrected chi connectivity index (χ1v) is 6.33. The van der Waals surface area contributed by atoms with E-state index >= 15 is 0 Å². The van der Waals surface area contributed by atoms with E-state index in [9.17, 15) is 22.8 Å². The summed E-state index contributed by atoms with van der Waals surface area (Å²) in [5.41, 5.74) is -2.67. The maximum atomic E-state index is 12.9. The number of nitrogens with zero attached hydrogens (tertiary/aromatic N) is 2. The average Bonchev–Trinajstić information content (AvgIpc) is 2.73. The highest BCUT2D eigenvalue weighted by Gasteiger charge is 2.63. The molecule has 20 heavy (non-hydrogen) atoms. The topological polar surface area (TPSA) is 60.9 Å². The number of rotatable bonds is 5. The van der Waals surface area contributed by atoms with Gasteiger partial charge in [0.1, 0.15) is 0 Å². The van der Waals surface area contributed by atoms with Gasteiger partial charge in [0, 0.05) is 27.1 Å². The highest BCUT2D eigenvalue weighted by molar-refractivity contribution is 5.76. The molecule has 0 aliphatic carbocycles. The molecule has 1 heterocycles. The van der Waals surface area contributed by atoms with Crippen LogP contribution in [0.15, 0.2) is 0 Å². The Bertz CT molecular complexity index is 385. The number of carboxylic acids is 1. The van der Waals surface area contributed by atoms with Crippen LogP contribution in [-0.4, -0.2) is 66.7 Å². The van der Waals surface area contributed by atoms with Crippen LogP contribution < -0.4 is 0 Å². The van der Waals surface area contributed by atoms with Crippen molar-refractivity contribution in [2.45, 2.75) is 25.4 Å². The van der Waals surface area contributed by atoms with Crippen molar-refractivity contribution < 1.29 is 27.9 Å². The van der Waals surface area contributed by atoms with Crippen molar-refractivity contribution in [2.75, 3.05) is 33.7 Å². The van der Waals surface area contributed by atoms with Crippen LogP contribution in [-0.2, 0) is 9.59 Å². The number of aliphatic carboxylic acids is 1. The summed E-state index contributed by atoms with van der Waals surface area (Å²) in [4.78, 5) is 25.2. The lowest BCUT2D eigenvalue weighted by molar-refractivity contribution is -0.227. The molecular weight excluding hydrogens is 277 g/mol. The lowest BCUT2D eigenvalue weighted by atomic mass is 9.86. The first kappa shape index (κ1) is 16.7. The number of carbonyl (C=O) groups is 2. The van der Waals surface area contributed by atoms with E-state index in [1.165, 1.54) is 9.80 Å². The molecule has 1 N–H and O–H groups in total. The Labute approximate surface area is 115 Å². The fourth-order valence-corrected chi connectivity index (χ4v) is 2.28. The van der Waals surface area contributed by atoms with Crippen molar-refractivity contribution in [3.05, 3.63) is 0 Å². The zero-order valence-electron chi connectivity index (χ0n) is 11.5. The summed E-state index contributed by atoms with van der Waals surface area (Å²) >= 11 is 0. The van der Waals surface area contributed by atoms with E-state index in [-0.39, 0.29) is 18.9 Å². The molecule has 0 bridgehead atoms. The molecule has 1 unspecified atom stereocenters. The van der Waals surface area contributed by atoms with Gasteiger partial charge in [-0.3, -0.25) is 9.59 Å². The third kappa shape index (κ3) is 3.41. The fraction of sp³-hybridized carbons (Fsp3) is 0.833. The molecule has 1 aliphatic rings. The smallest absolute Gasteiger partial charge is 0.406 e. The van der Waals surface area contributed by atoms with Crippen molar-refractivity contribution in [3.63, 3.8) is 0 Å². The molecule has 1 saturated heterocycles. The van der Waals surface area contributed by atoms with Crippen molar-refractivity contribution in [3.8, 4) is 0 Å². The monoisotopic (exact) mass is 296 g/mol. The Kier molecular flexibility index (Phi) is 5.01. The van der Waals surface area contributed by atoms with Crippen molar-refractivity contribution in [1.82, 2.24) is 9.80 Å². The Morgan fingerprint density at radius 3 is 2.35 bits per heavy atom. The minimum atomic E-state index is -4.76. The van der Waals surface area contributed by atoms with Gasteiger partial charge in [0.2, 0.25) is 5.91 Å². The van der Waals surface area contributed by atoms with Gasteiger partial charge in [-0.2, -0.15) is 13.2 Å². The molecule has 0 aromatic heterocycles. The Hall–Kier alpha value is -1.31. The molecule has 8 heteroatoms. The van der Waals surface area contributed by atoms with Crippen molar-refractivity contribution >= 4 is 11.9 Å². The number of hydrogen-bond donors (Lipinski definition) is 1. The van der Waals surface area contributed by atoms with Gasteiger partial charge >= 0.3 is 12.1 Å². The lowest BCUT2D eigenvalue weighted by Crippen LogP contribution is -2.47. The standard InChI is InChI=1S/C12H19F3N2O3/c1-16(2)9(18)4-3-6-17-7-5-11(8-17,10(19)20)12(13,14)15/h3-8H2,1-2H3,(H,19,20). The minimum Gasteiger partial charge on any atom is -0.481 e.